The van der Waals surface area contributed by atoms with Crippen LogP contribution in [0.4, 0.5) is 4.39 Å². The molecule has 1 aromatic carbocycles. The summed E-state index contributed by atoms with van der Waals surface area (Å²) in [6, 6.07) is 5.81. The number of fused-ring (bicyclic) bond motifs is 1. The predicted octanol–water partition coefficient (Wildman–Crippen LogP) is 2.07. The number of carbonyl (C=O) groups is 2. The molecule has 0 atom stereocenters. The fourth-order valence-corrected chi connectivity index (χ4v) is 3.30. The number of rotatable bonds is 4. The Bertz CT molecular complexity index is 1060. The van der Waals surface area contributed by atoms with Gasteiger partial charge in [0.25, 0.3) is 11.5 Å². The van der Waals surface area contributed by atoms with Gasteiger partial charge in [-0.05, 0) is 17.7 Å². The largest absolute Gasteiger partial charge is 0.289 e. The number of nitrogens with one attached hydrogen (secondary N) is 2. The zero-order chi connectivity index (χ0) is 19.6. The van der Waals surface area contributed by atoms with E-state index in [9.17, 15) is 18.8 Å². The molecule has 0 bridgehead atoms. The fraction of sp³-hybridized carbons (Fsp3) is 0.222. The Labute approximate surface area is 157 Å². The molecule has 3 aromatic rings. The zero-order valence-corrected chi connectivity index (χ0v) is 15.5. The Morgan fingerprint density at radius 3 is 2.59 bits per heavy atom. The van der Waals surface area contributed by atoms with E-state index in [4.69, 9.17) is 0 Å². The predicted molar refractivity (Wildman–Crippen MR) is 100 cm³/mol. The molecular formula is C18H17FN4O3S. The molecule has 0 aliphatic heterocycles. The summed E-state index contributed by atoms with van der Waals surface area (Å²) in [5.74, 6) is -1.53. The highest BCUT2D eigenvalue weighted by molar-refractivity contribution is 7.17. The van der Waals surface area contributed by atoms with Crippen LogP contribution < -0.4 is 16.4 Å². The average Bonchev–Trinajstić information content (AvgIpc) is 3.07. The van der Waals surface area contributed by atoms with E-state index in [1.165, 1.54) is 34.4 Å². The molecule has 0 radical (unpaired) electrons. The van der Waals surface area contributed by atoms with Crippen LogP contribution in [0.5, 0.6) is 0 Å². The summed E-state index contributed by atoms with van der Waals surface area (Å²) in [6.07, 6.45) is 1.29. The highest BCUT2D eigenvalue weighted by Crippen LogP contribution is 2.30. The first-order valence-corrected chi connectivity index (χ1v) is 9.06. The molecule has 0 saturated heterocycles. The lowest BCUT2D eigenvalue weighted by atomic mass is 10.1. The first-order chi connectivity index (χ1) is 12.9. The van der Waals surface area contributed by atoms with Crippen LogP contribution in [0.2, 0.25) is 0 Å². The molecule has 9 heteroatoms. The van der Waals surface area contributed by atoms with Crippen molar-refractivity contribution in [3.63, 3.8) is 0 Å². The van der Waals surface area contributed by atoms with Crippen molar-refractivity contribution in [1.82, 2.24) is 20.4 Å². The summed E-state index contributed by atoms with van der Waals surface area (Å²) in [5, 5.41) is 2.15. The molecule has 0 saturated carbocycles. The first kappa shape index (κ1) is 18.7. The molecule has 0 unspecified atom stereocenters. The molecule has 0 aliphatic rings. The maximum atomic E-state index is 13.2. The number of nitrogens with zero attached hydrogens (tertiary/aromatic N) is 2. The fourth-order valence-electron chi connectivity index (χ4n) is 2.39. The normalized spacial score (nSPS) is 11.0. The minimum Gasteiger partial charge on any atom is -0.289 e. The summed E-state index contributed by atoms with van der Waals surface area (Å²) < 4.78 is 14.3. The Kier molecular flexibility index (Phi) is 5.31. The van der Waals surface area contributed by atoms with E-state index in [1.807, 2.05) is 0 Å². The molecular weight excluding hydrogens is 371 g/mol. The molecule has 2 amide bonds. The maximum absolute atomic E-state index is 13.2. The van der Waals surface area contributed by atoms with E-state index < -0.39 is 5.91 Å². The number of hydrazine groups is 1. The van der Waals surface area contributed by atoms with Crippen LogP contribution in [0.15, 0.2) is 40.8 Å². The lowest BCUT2D eigenvalue weighted by Gasteiger charge is -2.10. The zero-order valence-electron chi connectivity index (χ0n) is 14.7. The highest BCUT2D eigenvalue weighted by Gasteiger charge is 2.15. The van der Waals surface area contributed by atoms with Crippen molar-refractivity contribution < 1.29 is 14.0 Å². The van der Waals surface area contributed by atoms with Crippen LogP contribution in [0.1, 0.15) is 13.8 Å². The standard InChI is InChI=1S/C18H17FN4O3S/c1-10(2)16(25)22-21-14(24)7-23-9-20-17-15(18(23)26)13(8-27-17)11-3-5-12(19)6-4-11/h3-6,8-10H,7H2,1-2H3,(H,21,24)(H,22,25). The van der Waals surface area contributed by atoms with Gasteiger partial charge in [-0.1, -0.05) is 26.0 Å². The summed E-state index contributed by atoms with van der Waals surface area (Å²) in [7, 11) is 0. The second-order valence-corrected chi connectivity index (χ2v) is 7.06. The van der Waals surface area contributed by atoms with Crippen LogP contribution in [0.25, 0.3) is 21.3 Å². The Balaban J connectivity index is 1.87. The number of amides is 2. The van der Waals surface area contributed by atoms with Crippen molar-refractivity contribution in [2.75, 3.05) is 0 Å². The SMILES string of the molecule is CC(C)C(=O)NNC(=O)Cn1cnc2scc(-c3ccc(F)cc3)c2c1=O. The van der Waals surface area contributed by atoms with E-state index in [0.29, 0.717) is 21.3 Å². The molecule has 7 nitrogen and oxygen atoms in total. The van der Waals surface area contributed by atoms with E-state index in [-0.39, 0.29) is 29.7 Å². The van der Waals surface area contributed by atoms with Gasteiger partial charge in [0, 0.05) is 16.9 Å². The molecule has 2 heterocycles. The minimum atomic E-state index is -0.550. The van der Waals surface area contributed by atoms with Crippen molar-refractivity contribution >= 4 is 33.4 Å². The van der Waals surface area contributed by atoms with Gasteiger partial charge in [0.2, 0.25) is 5.91 Å². The van der Waals surface area contributed by atoms with Crippen molar-refractivity contribution in [2.24, 2.45) is 5.92 Å². The van der Waals surface area contributed by atoms with Gasteiger partial charge in [-0.2, -0.15) is 0 Å². The van der Waals surface area contributed by atoms with Crippen molar-refractivity contribution in [1.29, 1.82) is 0 Å². The number of hydrogen-bond donors (Lipinski definition) is 2. The summed E-state index contributed by atoms with van der Waals surface area (Å²) in [6.45, 7) is 3.09. The van der Waals surface area contributed by atoms with E-state index in [2.05, 4.69) is 15.8 Å². The number of thiophene rings is 1. The van der Waals surface area contributed by atoms with Crippen LogP contribution in [0, 0.1) is 11.7 Å². The smallest absolute Gasteiger partial charge is 0.263 e. The molecule has 0 fully saturated rings. The van der Waals surface area contributed by atoms with Gasteiger partial charge >= 0.3 is 0 Å². The monoisotopic (exact) mass is 388 g/mol. The topological polar surface area (TPSA) is 93.1 Å². The van der Waals surface area contributed by atoms with Crippen LogP contribution >= 0.6 is 11.3 Å². The molecule has 3 rings (SSSR count). The third-order valence-electron chi connectivity index (χ3n) is 3.88. The quantitative estimate of drug-likeness (QED) is 0.669. The third-order valence-corrected chi connectivity index (χ3v) is 4.77. The number of carbonyl (C=O) groups excluding carboxylic acids is 2. The number of benzene rings is 1. The van der Waals surface area contributed by atoms with Crippen LogP contribution in [-0.4, -0.2) is 21.4 Å². The van der Waals surface area contributed by atoms with Crippen molar-refractivity contribution in [2.45, 2.75) is 20.4 Å². The van der Waals surface area contributed by atoms with Crippen molar-refractivity contribution in [3.05, 3.63) is 52.1 Å². The van der Waals surface area contributed by atoms with E-state index >= 15 is 0 Å². The molecule has 140 valence electrons. The first-order valence-electron chi connectivity index (χ1n) is 8.18. The van der Waals surface area contributed by atoms with Gasteiger partial charge in [-0.25, -0.2) is 9.37 Å². The lowest BCUT2D eigenvalue weighted by Crippen LogP contribution is -2.45. The number of aromatic nitrogens is 2. The van der Waals surface area contributed by atoms with Gasteiger partial charge in [-0.15, -0.1) is 11.3 Å². The van der Waals surface area contributed by atoms with Gasteiger partial charge in [0.15, 0.2) is 0 Å². The molecule has 2 aromatic heterocycles. The van der Waals surface area contributed by atoms with Gasteiger partial charge < -0.3 is 0 Å². The van der Waals surface area contributed by atoms with Gasteiger partial charge in [-0.3, -0.25) is 29.8 Å². The van der Waals surface area contributed by atoms with E-state index in [0.717, 1.165) is 0 Å². The maximum Gasteiger partial charge on any atom is 0.263 e. The average molecular weight is 388 g/mol. The third kappa shape index (κ3) is 4.03. The van der Waals surface area contributed by atoms with Crippen molar-refractivity contribution in [3.8, 4) is 11.1 Å². The molecule has 2 N–H and O–H groups in total. The summed E-state index contributed by atoms with van der Waals surface area (Å²) in [4.78, 5) is 41.1. The second kappa shape index (κ2) is 7.67. The number of halogens is 1. The lowest BCUT2D eigenvalue weighted by molar-refractivity contribution is -0.130. The van der Waals surface area contributed by atoms with Crippen LogP contribution in [0.3, 0.4) is 0 Å². The van der Waals surface area contributed by atoms with E-state index in [1.54, 1.807) is 31.4 Å². The van der Waals surface area contributed by atoms with Gasteiger partial charge in [0.1, 0.15) is 17.2 Å². The Morgan fingerprint density at radius 2 is 1.93 bits per heavy atom. The van der Waals surface area contributed by atoms with Gasteiger partial charge in [0.05, 0.1) is 11.7 Å². The summed E-state index contributed by atoms with van der Waals surface area (Å²) in [5.41, 5.74) is 5.50. The number of hydrogen-bond acceptors (Lipinski definition) is 5. The second-order valence-electron chi connectivity index (χ2n) is 6.21. The molecule has 27 heavy (non-hydrogen) atoms. The minimum absolute atomic E-state index is 0.282. The Morgan fingerprint density at radius 1 is 1.22 bits per heavy atom. The molecule has 0 spiro atoms. The highest BCUT2D eigenvalue weighted by atomic mass is 32.1. The van der Waals surface area contributed by atoms with Crippen LogP contribution in [-0.2, 0) is 16.1 Å². The Hall–Kier alpha value is -3.07. The molecule has 0 aliphatic carbocycles. The summed E-state index contributed by atoms with van der Waals surface area (Å²) >= 11 is 1.30.